The molecular formula is C8H16N2O. The molecule has 0 saturated carbocycles. The summed E-state index contributed by atoms with van der Waals surface area (Å²) >= 11 is 0. The number of carbonyl (C=O) groups excluding carboxylic acids is 1. The highest BCUT2D eigenvalue weighted by molar-refractivity contribution is 6.39. The van der Waals surface area contributed by atoms with Crippen molar-refractivity contribution in [2.75, 3.05) is 7.05 Å². The van der Waals surface area contributed by atoms with E-state index in [0.717, 1.165) is 0 Å². The summed E-state index contributed by atoms with van der Waals surface area (Å²) in [6.45, 7) is 6.04. The minimum Gasteiger partial charge on any atom is -0.365 e. The Morgan fingerprint density at radius 2 is 1.82 bits per heavy atom. The molecule has 0 aliphatic rings. The molecule has 1 unspecified atom stereocenters. The quantitative estimate of drug-likeness (QED) is 0.605. The lowest BCUT2D eigenvalue weighted by Gasteiger charge is -2.14. The van der Waals surface area contributed by atoms with Gasteiger partial charge >= 0.3 is 0 Å². The zero-order chi connectivity index (χ0) is 9.02. The molecule has 0 aromatic heterocycles. The van der Waals surface area contributed by atoms with Gasteiger partial charge in [0.25, 0.3) is 5.91 Å². The Labute approximate surface area is 67.7 Å². The molecule has 2 N–H and O–H groups in total. The van der Waals surface area contributed by atoms with Gasteiger partial charge in [0, 0.05) is 13.0 Å². The van der Waals surface area contributed by atoms with Crippen LogP contribution in [0.4, 0.5) is 0 Å². The first kappa shape index (κ1) is 10.1. The van der Waals surface area contributed by atoms with E-state index in [1.807, 2.05) is 20.8 Å². The van der Waals surface area contributed by atoms with Crippen LogP contribution in [0.3, 0.4) is 0 Å². The Kier molecular flexibility index (Phi) is 3.79. The van der Waals surface area contributed by atoms with Crippen molar-refractivity contribution in [2.45, 2.75) is 20.8 Å². The number of amides is 1. The summed E-state index contributed by atoms with van der Waals surface area (Å²) in [6.07, 6.45) is 0. The molecule has 64 valence electrons. The lowest BCUT2D eigenvalue weighted by Crippen LogP contribution is -2.31. The predicted octanol–water partition coefficient (Wildman–Crippen LogP) is 0.835. The maximum Gasteiger partial charge on any atom is 0.262 e. The van der Waals surface area contributed by atoms with E-state index in [-0.39, 0.29) is 5.92 Å². The fourth-order valence-electron chi connectivity index (χ4n) is 0.854. The summed E-state index contributed by atoms with van der Waals surface area (Å²) in [7, 11) is 1.60. The van der Waals surface area contributed by atoms with Gasteiger partial charge in [-0.3, -0.25) is 9.79 Å². The van der Waals surface area contributed by atoms with Crippen molar-refractivity contribution in [2.24, 2.45) is 22.6 Å². The highest BCUT2D eigenvalue weighted by atomic mass is 16.1. The molecule has 3 heteroatoms. The number of hydrogen-bond acceptors (Lipinski definition) is 2. The highest BCUT2D eigenvalue weighted by Crippen LogP contribution is 2.11. The standard InChI is InChI=1S/C8H16N2O/c1-5(2)6(3)7(10-4)8(9)11/h5-6H,1-4H3,(H2,9,11). The Bertz CT molecular complexity index is 173. The van der Waals surface area contributed by atoms with E-state index in [2.05, 4.69) is 4.99 Å². The minimum absolute atomic E-state index is 0.150. The number of nitrogens with zero attached hydrogens (tertiary/aromatic N) is 1. The number of hydrogen-bond donors (Lipinski definition) is 1. The van der Waals surface area contributed by atoms with Crippen molar-refractivity contribution in [3.63, 3.8) is 0 Å². The molecule has 0 aliphatic carbocycles. The zero-order valence-electron chi connectivity index (χ0n) is 7.59. The van der Waals surface area contributed by atoms with E-state index in [0.29, 0.717) is 11.6 Å². The number of carbonyl (C=O) groups is 1. The van der Waals surface area contributed by atoms with Crippen LogP contribution >= 0.6 is 0 Å². The van der Waals surface area contributed by atoms with Crippen molar-refractivity contribution < 1.29 is 4.79 Å². The fourth-order valence-corrected chi connectivity index (χ4v) is 0.854. The molecule has 0 aliphatic heterocycles. The van der Waals surface area contributed by atoms with Gasteiger partial charge in [-0.2, -0.15) is 0 Å². The van der Waals surface area contributed by atoms with E-state index >= 15 is 0 Å². The van der Waals surface area contributed by atoms with Gasteiger partial charge in [-0.1, -0.05) is 20.8 Å². The molecule has 11 heavy (non-hydrogen) atoms. The zero-order valence-corrected chi connectivity index (χ0v) is 7.59. The Hall–Kier alpha value is -0.860. The molecule has 0 spiro atoms. The lowest BCUT2D eigenvalue weighted by molar-refractivity contribution is -0.112. The third kappa shape index (κ3) is 2.70. The summed E-state index contributed by atoms with van der Waals surface area (Å²) in [4.78, 5) is 14.6. The molecule has 0 aromatic rings. The van der Waals surface area contributed by atoms with Gasteiger partial charge < -0.3 is 5.73 Å². The number of rotatable bonds is 3. The largest absolute Gasteiger partial charge is 0.365 e. The van der Waals surface area contributed by atoms with Crippen LogP contribution < -0.4 is 5.73 Å². The molecular weight excluding hydrogens is 140 g/mol. The van der Waals surface area contributed by atoms with Crippen LogP contribution in [-0.4, -0.2) is 18.7 Å². The van der Waals surface area contributed by atoms with Crippen molar-refractivity contribution in [1.82, 2.24) is 0 Å². The van der Waals surface area contributed by atoms with Crippen molar-refractivity contribution in [3.8, 4) is 0 Å². The summed E-state index contributed by atoms with van der Waals surface area (Å²) in [5, 5.41) is 0. The van der Waals surface area contributed by atoms with Crippen LogP contribution in [0.25, 0.3) is 0 Å². The summed E-state index contributed by atoms with van der Waals surface area (Å²) in [6, 6.07) is 0. The molecule has 3 nitrogen and oxygen atoms in total. The van der Waals surface area contributed by atoms with Gasteiger partial charge in [-0.05, 0) is 5.92 Å². The average Bonchev–Trinajstić information content (AvgIpc) is 1.88. The predicted molar refractivity (Wildman–Crippen MR) is 46.6 cm³/mol. The van der Waals surface area contributed by atoms with Gasteiger partial charge in [0.15, 0.2) is 0 Å². The van der Waals surface area contributed by atoms with Crippen molar-refractivity contribution >= 4 is 11.6 Å². The summed E-state index contributed by atoms with van der Waals surface area (Å²) < 4.78 is 0. The second-order valence-corrected chi connectivity index (χ2v) is 3.01. The SMILES string of the molecule is CN=C(C(N)=O)C(C)C(C)C. The fraction of sp³-hybridized carbons (Fsp3) is 0.750. The molecule has 0 heterocycles. The Morgan fingerprint density at radius 3 is 1.91 bits per heavy atom. The van der Waals surface area contributed by atoms with Gasteiger partial charge in [0.1, 0.15) is 5.71 Å². The van der Waals surface area contributed by atoms with E-state index in [4.69, 9.17) is 5.73 Å². The average molecular weight is 156 g/mol. The van der Waals surface area contributed by atoms with Crippen molar-refractivity contribution in [3.05, 3.63) is 0 Å². The molecule has 0 saturated heterocycles. The van der Waals surface area contributed by atoms with E-state index in [9.17, 15) is 4.79 Å². The lowest BCUT2D eigenvalue weighted by atomic mass is 9.92. The molecule has 1 atom stereocenters. The van der Waals surface area contributed by atoms with Crippen LogP contribution in [0.1, 0.15) is 20.8 Å². The third-order valence-corrected chi connectivity index (χ3v) is 1.92. The van der Waals surface area contributed by atoms with Crippen LogP contribution in [0.5, 0.6) is 0 Å². The first-order chi connectivity index (χ1) is 5.00. The molecule has 0 radical (unpaired) electrons. The molecule has 0 bridgehead atoms. The number of aliphatic imine (C=N–C) groups is 1. The molecule has 1 amide bonds. The monoisotopic (exact) mass is 156 g/mol. The highest BCUT2D eigenvalue weighted by Gasteiger charge is 2.17. The normalized spacial score (nSPS) is 15.2. The van der Waals surface area contributed by atoms with Gasteiger partial charge in [-0.25, -0.2) is 0 Å². The summed E-state index contributed by atoms with van der Waals surface area (Å²) in [5.74, 6) is 0.146. The smallest absolute Gasteiger partial charge is 0.262 e. The van der Waals surface area contributed by atoms with Crippen LogP contribution in [0.15, 0.2) is 4.99 Å². The van der Waals surface area contributed by atoms with Gasteiger partial charge in [-0.15, -0.1) is 0 Å². The maximum atomic E-state index is 10.8. The Morgan fingerprint density at radius 1 is 1.36 bits per heavy atom. The first-order valence-corrected chi connectivity index (χ1v) is 3.77. The second kappa shape index (κ2) is 4.11. The minimum atomic E-state index is -0.409. The van der Waals surface area contributed by atoms with Gasteiger partial charge in [0.2, 0.25) is 0 Å². The Balaban J connectivity index is 4.41. The molecule has 0 aromatic carbocycles. The number of nitrogens with two attached hydrogens (primary N) is 1. The van der Waals surface area contributed by atoms with Crippen molar-refractivity contribution in [1.29, 1.82) is 0 Å². The topological polar surface area (TPSA) is 55.4 Å². The van der Waals surface area contributed by atoms with Crippen LogP contribution in [0.2, 0.25) is 0 Å². The third-order valence-electron chi connectivity index (χ3n) is 1.92. The maximum absolute atomic E-state index is 10.8. The van der Waals surface area contributed by atoms with E-state index in [1.54, 1.807) is 7.05 Å². The number of primary amides is 1. The molecule has 0 rings (SSSR count). The van der Waals surface area contributed by atoms with E-state index in [1.165, 1.54) is 0 Å². The van der Waals surface area contributed by atoms with Crippen LogP contribution in [-0.2, 0) is 4.79 Å². The second-order valence-electron chi connectivity index (χ2n) is 3.01. The first-order valence-electron chi connectivity index (χ1n) is 3.77. The molecule has 0 fully saturated rings. The van der Waals surface area contributed by atoms with Gasteiger partial charge in [0.05, 0.1) is 0 Å². The van der Waals surface area contributed by atoms with Crippen LogP contribution in [0, 0.1) is 11.8 Å². The summed E-state index contributed by atoms with van der Waals surface area (Å²) in [5.41, 5.74) is 5.60. The van der Waals surface area contributed by atoms with E-state index < -0.39 is 5.91 Å².